The van der Waals surface area contributed by atoms with Crippen molar-refractivity contribution in [2.75, 3.05) is 6.26 Å². The first-order valence-electron chi connectivity index (χ1n) is 13.6. The molecule has 0 spiro atoms. The zero-order valence-corrected chi connectivity index (χ0v) is 25.8. The lowest BCUT2D eigenvalue weighted by atomic mass is 9.93. The third-order valence-electron chi connectivity index (χ3n) is 6.01. The monoisotopic (exact) mass is 554 g/mol. The van der Waals surface area contributed by atoms with Gasteiger partial charge in [-0.1, -0.05) is 109 Å². The van der Waals surface area contributed by atoms with Gasteiger partial charge in [0.05, 0.1) is 4.90 Å². The number of aromatic hydroxyl groups is 1. The predicted molar refractivity (Wildman–Crippen MR) is 169 cm³/mol. The van der Waals surface area contributed by atoms with Crippen LogP contribution < -0.4 is 0 Å². The number of benzene rings is 3. The summed E-state index contributed by atoms with van der Waals surface area (Å²) in [7, 11) is -3.09. The van der Waals surface area contributed by atoms with Gasteiger partial charge in [-0.2, -0.15) is 0 Å². The lowest BCUT2D eigenvalue weighted by Gasteiger charge is -2.13. The minimum Gasteiger partial charge on any atom is -0.508 e. The van der Waals surface area contributed by atoms with E-state index in [1.54, 1.807) is 36.0 Å². The van der Waals surface area contributed by atoms with Crippen molar-refractivity contribution in [3.05, 3.63) is 88.7 Å². The molecule has 38 heavy (non-hydrogen) atoms. The van der Waals surface area contributed by atoms with Gasteiger partial charge in [-0.25, -0.2) is 8.42 Å². The summed E-state index contributed by atoms with van der Waals surface area (Å²) in [6, 6.07) is 20.3. The molecule has 0 bridgehead atoms. The van der Waals surface area contributed by atoms with Crippen molar-refractivity contribution in [2.24, 2.45) is 5.92 Å². The Morgan fingerprint density at radius 3 is 1.92 bits per heavy atom. The second kappa shape index (κ2) is 17.9. The molecule has 5 heteroatoms. The molecule has 1 aliphatic heterocycles. The van der Waals surface area contributed by atoms with E-state index in [9.17, 15) is 13.5 Å². The van der Waals surface area contributed by atoms with E-state index >= 15 is 0 Å². The molecule has 0 amide bonds. The van der Waals surface area contributed by atoms with Crippen molar-refractivity contribution in [2.45, 2.75) is 78.5 Å². The summed E-state index contributed by atoms with van der Waals surface area (Å²) in [5.41, 5.74) is 2.57. The molecule has 0 radical (unpaired) electrons. The van der Waals surface area contributed by atoms with E-state index in [2.05, 4.69) is 53.0 Å². The molecule has 1 aliphatic rings. The van der Waals surface area contributed by atoms with Crippen LogP contribution in [0.1, 0.15) is 79.2 Å². The fourth-order valence-electron chi connectivity index (χ4n) is 3.19. The first kappa shape index (κ1) is 33.5. The highest BCUT2D eigenvalue weighted by molar-refractivity contribution is 8.05. The number of hydrogen-bond donors (Lipinski definition) is 1. The number of hydrogen-bond acceptors (Lipinski definition) is 4. The van der Waals surface area contributed by atoms with E-state index < -0.39 is 9.84 Å². The Bertz CT molecular complexity index is 1250. The van der Waals surface area contributed by atoms with Crippen molar-refractivity contribution in [3.8, 4) is 5.75 Å². The Labute approximate surface area is 236 Å². The highest BCUT2D eigenvalue weighted by Gasteiger charge is 2.13. The Morgan fingerprint density at radius 1 is 0.842 bits per heavy atom. The van der Waals surface area contributed by atoms with Gasteiger partial charge in [0.1, 0.15) is 5.75 Å². The zero-order valence-electron chi connectivity index (χ0n) is 24.2. The molecule has 1 heterocycles. The lowest BCUT2D eigenvalue weighted by Crippen LogP contribution is -1.96. The summed E-state index contributed by atoms with van der Waals surface area (Å²) < 4.78 is 22.6. The van der Waals surface area contributed by atoms with Gasteiger partial charge in [0.15, 0.2) is 9.84 Å². The number of sulfone groups is 1. The number of allylic oxidation sites excluding steroid dienone is 3. The molecule has 1 unspecified atom stereocenters. The van der Waals surface area contributed by atoms with Crippen LogP contribution >= 0.6 is 11.8 Å². The SMILES string of the molecule is CC1=CCC(C)C(c2ccc(O)cc2)=CS1.CCCC.CCCC.CS(=O)(=O)c1ccc2ccccc2c1. The van der Waals surface area contributed by atoms with Crippen LogP contribution in [0.5, 0.6) is 5.75 Å². The smallest absolute Gasteiger partial charge is 0.175 e. The maximum atomic E-state index is 11.3. The fourth-order valence-corrected chi connectivity index (χ4v) is 4.72. The molecule has 208 valence electrons. The molecule has 3 nitrogen and oxygen atoms in total. The largest absolute Gasteiger partial charge is 0.508 e. The van der Waals surface area contributed by atoms with Gasteiger partial charge in [-0.3, -0.25) is 0 Å². The lowest BCUT2D eigenvalue weighted by molar-refractivity contribution is 0.475. The van der Waals surface area contributed by atoms with Gasteiger partial charge in [-0.05, 0) is 75.8 Å². The van der Waals surface area contributed by atoms with E-state index in [0.29, 0.717) is 16.6 Å². The van der Waals surface area contributed by atoms with Crippen LogP contribution in [-0.4, -0.2) is 19.8 Å². The Balaban J connectivity index is 0.000000299. The summed E-state index contributed by atoms with van der Waals surface area (Å²) in [4.78, 5) is 1.73. The fraction of sp³-hybridized carbons (Fsp3) is 0.394. The van der Waals surface area contributed by atoms with E-state index in [1.807, 2.05) is 42.5 Å². The van der Waals surface area contributed by atoms with Crippen LogP contribution in [0.3, 0.4) is 0 Å². The highest BCUT2D eigenvalue weighted by Crippen LogP contribution is 2.35. The third kappa shape index (κ3) is 12.4. The Hall–Kier alpha value is -2.50. The van der Waals surface area contributed by atoms with E-state index in [0.717, 1.165) is 17.2 Å². The second-order valence-corrected chi connectivity index (χ2v) is 12.6. The van der Waals surface area contributed by atoms with Crippen molar-refractivity contribution < 1.29 is 13.5 Å². The van der Waals surface area contributed by atoms with Crippen LogP contribution in [0.2, 0.25) is 0 Å². The standard InChI is InChI=1S/C14H16OS.C11H10O2S.2C4H10/c1-10-3-4-11(2)16-9-14(10)12-5-7-13(15)8-6-12;1-14(12,13)11-7-6-9-4-2-3-5-10(9)8-11;2*1-3-4-2/h4-10,15H,3H2,1-2H3;2-8H,1H3;2*3-4H2,1-2H3. The molecule has 0 saturated heterocycles. The average molecular weight is 555 g/mol. The van der Waals surface area contributed by atoms with Crippen LogP contribution in [0, 0.1) is 5.92 Å². The molecule has 3 aromatic carbocycles. The summed E-state index contributed by atoms with van der Waals surface area (Å²) in [5.74, 6) is 0.863. The Kier molecular flexibility index (Phi) is 15.8. The number of thioether (sulfide) groups is 1. The van der Waals surface area contributed by atoms with Crippen molar-refractivity contribution in [3.63, 3.8) is 0 Å². The normalized spacial score (nSPS) is 14.8. The van der Waals surface area contributed by atoms with Crippen LogP contribution in [0.25, 0.3) is 16.3 Å². The summed E-state index contributed by atoms with van der Waals surface area (Å²) in [6.45, 7) is 13.1. The molecule has 0 aromatic heterocycles. The van der Waals surface area contributed by atoms with Crippen LogP contribution in [0.15, 0.2) is 88.0 Å². The second-order valence-electron chi connectivity index (χ2n) is 9.47. The first-order chi connectivity index (χ1) is 18.1. The number of phenolic OH excluding ortho intramolecular Hbond substituents is 1. The minimum absolute atomic E-state index is 0.326. The number of rotatable bonds is 4. The van der Waals surface area contributed by atoms with Gasteiger partial charge in [-0.15, -0.1) is 11.8 Å². The van der Waals surface area contributed by atoms with Gasteiger partial charge in [0.25, 0.3) is 0 Å². The van der Waals surface area contributed by atoms with E-state index in [1.165, 1.54) is 48.0 Å². The van der Waals surface area contributed by atoms with Crippen molar-refractivity contribution >= 4 is 37.9 Å². The number of fused-ring (bicyclic) bond motifs is 1. The predicted octanol–water partition coefficient (Wildman–Crippen LogP) is 10.3. The quantitative estimate of drug-likeness (QED) is 0.348. The molecule has 0 fully saturated rings. The van der Waals surface area contributed by atoms with Crippen molar-refractivity contribution in [1.82, 2.24) is 0 Å². The highest BCUT2D eigenvalue weighted by atomic mass is 32.2. The first-order valence-corrected chi connectivity index (χ1v) is 16.4. The van der Waals surface area contributed by atoms with Crippen LogP contribution in [0.4, 0.5) is 0 Å². The van der Waals surface area contributed by atoms with E-state index in [4.69, 9.17) is 0 Å². The molecule has 0 saturated carbocycles. The molecular formula is C33H46O3S2. The zero-order chi connectivity index (χ0) is 28.6. The third-order valence-corrected chi connectivity index (χ3v) is 8.03. The summed E-state index contributed by atoms with van der Waals surface area (Å²) >= 11 is 1.79. The number of unbranched alkanes of at least 4 members (excludes halogenated alkanes) is 2. The van der Waals surface area contributed by atoms with Gasteiger partial charge in [0, 0.05) is 6.26 Å². The molecular weight excluding hydrogens is 508 g/mol. The van der Waals surface area contributed by atoms with Crippen molar-refractivity contribution in [1.29, 1.82) is 0 Å². The number of phenols is 1. The van der Waals surface area contributed by atoms with Gasteiger partial charge < -0.3 is 5.11 Å². The molecule has 1 N–H and O–H groups in total. The maximum absolute atomic E-state index is 11.3. The molecule has 1 atom stereocenters. The molecule has 0 aliphatic carbocycles. The molecule has 3 aromatic rings. The summed E-state index contributed by atoms with van der Waals surface area (Å²) in [5, 5.41) is 13.5. The van der Waals surface area contributed by atoms with Gasteiger partial charge >= 0.3 is 0 Å². The topological polar surface area (TPSA) is 54.4 Å². The van der Waals surface area contributed by atoms with Crippen LogP contribution in [-0.2, 0) is 9.84 Å². The maximum Gasteiger partial charge on any atom is 0.175 e. The van der Waals surface area contributed by atoms with Gasteiger partial charge in [0.2, 0.25) is 0 Å². The minimum atomic E-state index is -3.09. The Morgan fingerprint density at radius 2 is 1.39 bits per heavy atom. The average Bonchev–Trinajstić information content (AvgIpc) is 3.09. The summed E-state index contributed by atoms with van der Waals surface area (Å²) in [6.07, 6.45) is 9.88. The molecule has 4 rings (SSSR count). The van der Waals surface area contributed by atoms with E-state index in [-0.39, 0.29) is 0 Å².